The van der Waals surface area contributed by atoms with Gasteiger partial charge in [-0.15, -0.1) is 0 Å². The van der Waals surface area contributed by atoms with Crippen molar-refractivity contribution in [1.82, 2.24) is 0 Å². The maximum absolute atomic E-state index is 13.7. The average Bonchev–Trinajstić information content (AvgIpc) is 2.42. The molecule has 108 valence electrons. The molecule has 0 atom stereocenters. The zero-order chi connectivity index (χ0) is 14.3. The van der Waals surface area contributed by atoms with Crippen molar-refractivity contribution < 1.29 is 9.13 Å². The zero-order valence-corrected chi connectivity index (χ0v) is 12.2. The number of hydrogen-bond donors (Lipinski definition) is 1. The van der Waals surface area contributed by atoms with Crippen LogP contribution in [0, 0.1) is 5.82 Å². The Kier molecular flexibility index (Phi) is 6.81. The molecule has 1 aromatic rings. The standard InChI is InChI=1S/C15H25FN2O/c1-4-14(5-2)18(6-7-19-3)15-9-12(11-17)8-13(16)10-15/h8-10,14H,4-7,11,17H2,1-3H3. The van der Waals surface area contributed by atoms with Crippen LogP contribution in [0.15, 0.2) is 18.2 Å². The Balaban J connectivity index is 3.04. The Morgan fingerprint density at radius 3 is 2.47 bits per heavy atom. The molecule has 1 rings (SSSR count). The van der Waals surface area contributed by atoms with Gasteiger partial charge in [-0.3, -0.25) is 0 Å². The van der Waals surface area contributed by atoms with Gasteiger partial charge in [-0.2, -0.15) is 0 Å². The molecule has 0 fully saturated rings. The van der Waals surface area contributed by atoms with Crippen LogP contribution < -0.4 is 10.6 Å². The minimum Gasteiger partial charge on any atom is -0.383 e. The first-order valence-electron chi connectivity index (χ1n) is 6.91. The molecule has 0 aromatic heterocycles. The molecule has 4 heteroatoms. The van der Waals surface area contributed by atoms with Gasteiger partial charge >= 0.3 is 0 Å². The molecule has 0 heterocycles. The van der Waals surface area contributed by atoms with Crippen LogP contribution in [0.5, 0.6) is 0 Å². The van der Waals surface area contributed by atoms with Crippen LogP contribution in [0.4, 0.5) is 10.1 Å². The number of halogens is 1. The van der Waals surface area contributed by atoms with Crippen LogP contribution in [0.3, 0.4) is 0 Å². The molecule has 19 heavy (non-hydrogen) atoms. The molecular formula is C15H25FN2O. The van der Waals surface area contributed by atoms with Crippen molar-refractivity contribution in [2.24, 2.45) is 5.73 Å². The summed E-state index contributed by atoms with van der Waals surface area (Å²) in [7, 11) is 1.68. The van der Waals surface area contributed by atoms with Crippen LogP contribution in [-0.4, -0.2) is 26.3 Å². The van der Waals surface area contributed by atoms with E-state index in [9.17, 15) is 4.39 Å². The second-order valence-electron chi connectivity index (χ2n) is 4.68. The number of benzene rings is 1. The predicted octanol–water partition coefficient (Wildman–Crippen LogP) is 2.93. The van der Waals surface area contributed by atoms with E-state index in [2.05, 4.69) is 18.7 Å². The highest BCUT2D eigenvalue weighted by Crippen LogP contribution is 2.23. The fraction of sp³-hybridized carbons (Fsp3) is 0.600. The van der Waals surface area contributed by atoms with Gasteiger partial charge in [0, 0.05) is 31.9 Å². The van der Waals surface area contributed by atoms with E-state index in [4.69, 9.17) is 10.5 Å². The first-order chi connectivity index (χ1) is 9.15. The molecule has 2 N–H and O–H groups in total. The summed E-state index contributed by atoms with van der Waals surface area (Å²) in [6.07, 6.45) is 2.05. The smallest absolute Gasteiger partial charge is 0.125 e. The summed E-state index contributed by atoms with van der Waals surface area (Å²) in [5.41, 5.74) is 7.34. The lowest BCUT2D eigenvalue weighted by Gasteiger charge is -2.33. The summed E-state index contributed by atoms with van der Waals surface area (Å²) in [5.74, 6) is -0.230. The fourth-order valence-corrected chi connectivity index (χ4v) is 2.36. The summed E-state index contributed by atoms with van der Waals surface area (Å²) in [6, 6.07) is 5.43. The summed E-state index contributed by atoms with van der Waals surface area (Å²) in [6.45, 7) is 6.04. The Morgan fingerprint density at radius 1 is 1.26 bits per heavy atom. The highest BCUT2D eigenvalue weighted by molar-refractivity contribution is 5.50. The van der Waals surface area contributed by atoms with Crippen molar-refractivity contribution in [1.29, 1.82) is 0 Å². The van der Waals surface area contributed by atoms with Gasteiger partial charge in [-0.1, -0.05) is 13.8 Å². The lowest BCUT2D eigenvalue weighted by atomic mass is 10.1. The van der Waals surface area contributed by atoms with Gasteiger partial charge in [0.1, 0.15) is 5.82 Å². The molecule has 0 saturated carbocycles. The Morgan fingerprint density at radius 2 is 1.95 bits per heavy atom. The van der Waals surface area contributed by atoms with Crippen LogP contribution in [0.2, 0.25) is 0 Å². The summed E-state index contributed by atoms with van der Waals surface area (Å²) in [4.78, 5) is 2.21. The second kappa shape index (κ2) is 8.12. The molecule has 0 aliphatic carbocycles. The van der Waals surface area contributed by atoms with Gasteiger partial charge in [-0.05, 0) is 36.6 Å². The molecule has 0 amide bonds. The number of methoxy groups -OCH3 is 1. The molecule has 3 nitrogen and oxygen atoms in total. The predicted molar refractivity (Wildman–Crippen MR) is 77.9 cm³/mol. The maximum Gasteiger partial charge on any atom is 0.125 e. The molecule has 0 aliphatic heterocycles. The molecule has 0 bridgehead atoms. The van der Waals surface area contributed by atoms with Gasteiger partial charge in [0.25, 0.3) is 0 Å². The van der Waals surface area contributed by atoms with Gasteiger partial charge < -0.3 is 15.4 Å². The fourth-order valence-electron chi connectivity index (χ4n) is 2.36. The third-order valence-corrected chi connectivity index (χ3v) is 3.43. The maximum atomic E-state index is 13.7. The largest absolute Gasteiger partial charge is 0.383 e. The Labute approximate surface area is 115 Å². The van der Waals surface area contributed by atoms with Crippen LogP contribution in [0.25, 0.3) is 0 Å². The molecule has 1 aromatic carbocycles. The quantitative estimate of drug-likeness (QED) is 0.788. The van der Waals surface area contributed by atoms with E-state index in [1.165, 1.54) is 6.07 Å². The van der Waals surface area contributed by atoms with Gasteiger partial charge in [0.15, 0.2) is 0 Å². The monoisotopic (exact) mass is 268 g/mol. The number of rotatable bonds is 8. The first-order valence-corrected chi connectivity index (χ1v) is 6.91. The van der Waals surface area contributed by atoms with Crippen molar-refractivity contribution in [2.75, 3.05) is 25.2 Å². The highest BCUT2D eigenvalue weighted by atomic mass is 19.1. The molecule has 0 unspecified atom stereocenters. The molecule has 0 aliphatic rings. The minimum absolute atomic E-state index is 0.230. The van der Waals surface area contributed by atoms with Gasteiger partial charge in [0.2, 0.25) is 0 Å². The van der Waals surface area contributed by atoms with E-state index < -0.39 is 0 Å². The molecule has 0 spiro atoms. The lowest BCUT2D eigenvalue weighted by molar-refractivity contribution is 0.202. The van der Waals surface area contributed by atoms with Crippen molar-refractivity contribution >= 4 is 5.69 Å². The number of nitrogens with two attached hydrogens (primary N) is 1. The van der Waals surface area contributed by atoms with Crippen molar-refractivity contribution in [3.05, 3.63) is 29.6 Å². The summed E-state index contributed by atoms with van der Waals surface area (Å²) >= 11 is 0. The third kappa shape index (κ3) is 4.48. The SMILES string of the molecule is CCC(CC)N(CCOC)c1cc(F)cc(CN)c1. The summed E-state index contributed by atoms with van der Waals surface area (Å²) < 4.78 is 18.8. The van der Waals surface area contributed by atoms with Crippen LogP contribution >= 0.6 is 0 Å². The Bertz CT molecular complexity index is 380. The third-order valence-electron chi connectivity index (χ3n) is 3.43. The lowest BCUT2D eigenvalue weighted by Crippen LogP contribution is -2.37. The number of nitrogens with zero attached hydrogens (tertiary/aromatic N) is 1. The van der Waals surface area contributed by atoms with Crippen molar-refractivity contribution in [2.45, 2.75) is 39.3 Å². The summed E-state index contributed by atoms with van der Waals surface area (Å²) in [5, 5.41) is 0. The Hall–Kier alpha value is -1.13. The molecule has 0 saturated heterocycles. The van der Waals surface area contributed by atoms with Crippen molar-refractivity contribution in [3.63, 3.8) is 0 Å². The number of hydrogen-bond acceptors (Lipinski definition) is 3. The zero-order valence-electron chi connectivity index (χ0n) is 12.2. The highest BCUT2D eigenvalue weighted by Gasteiger charge is 2.16. The number of ether oxygens (including phenoxy) is 1. The van der Waals surface area contributed by atoms with E-state index in [0.717, 1.165) is 30.6 Å². The van der Waals surface area contributed by atoms with Crippen LogP contribution in [-0.2, 0) is 11.3 Å². The topological polar surface area (TPSA) is 38.5 Å². The van der Waals surface area contributed by atoms with Gasteiger partial charge in [0.05, 0.1) is 6.61 Å². The normalized spacial score (nSPS) is 11.1. The van der Waals surface area contributed by atoms with E-state index >= 15 is 0 Å². The van der Waals surface area contributed by atoms with Crippen molar-refractivity contribution in [3.8, 4) is 0 Å². The van der Waals surface area contributed by atoms with Gasteiger partial charge in [-0.25, -0.2) is 4.39 Å². The minimum atomic E-state index is -0.230. The second-order valence-corrected chi connectivity index (χ2v) is 4.68. The first kappa shape index (κ1) is 15.9. The van der Waals surface area contributed by atoms with Crippen LogP contribution in [0.1, 0.15) is 32.3 Å². The van der Waals surface area contributed by atoms with E-state index in [1.54, 1.807) is 13.2 Å². The van der Waals surface area contributed by atoms with E-state index in [-0.39, 0.29) is 5.82 Å². The average molecular weight is 268 g/mol. The molecular weight excluding hydrogens is 243 g/mol. The van der Waals surface area contributed by atoms with E-state index in [0.29, 0.717) is 19.2 Å². The molecule has 0 radical (unpaired) electrons. The van der Waals surface area contributed by atoms with E-state index in [1.807, 2.05) is 6.07 Å². The number of anilines is 1.